The van der Waals surface area contributed by atoms with Gasteiger partial charge in [0.1, 0.15) is 5.60 Å². The zero-order valence-corrected chi connectivity index (χ0v) is 21.7. The lowest BCUT2D eigenvalue weighted by atomic mass is 9.87. The summed E-state index contributed by atoms with van der Waals surface area (Å²) in [6.07, 6.45) is 2.86. The molecule has 0 spiro atoms. The summed E-state index contributed by atoms with van der Waals surface area (Å²) in [5, 5.41) is 8.12. The number of carbonyl (C=O) groups is 3. The van der Waals surface area contributed by atoms with Gasteiger partial charge in [-0.15, -0.1) is 0 Å². The molecule has 2 aromatic rings. The highest BCUT2D eigenvalue weighted by molar-refractivity contribution is 6.02. The third kappa shape index (κ3) is 5.12. The predicted molar refractivity (Wildman–Crippen MR) is 136 cm³/mol. The molecule has 9 nitrogen and oxygen atoms in total. The van der Waals surface area contributed by atoms with E-state index < -0.39 is 5.60 Å². The number of fused-ring (bicyclic) bond motifs is 1. The van der Waals surface area contributed by atoms with Crippen LogP contribution in [0.25, 0.3) is 10.9 Å². The molecule has 4 heterocycles. The molecule has 3 saturated heterocycles. The van der Waals surface area contributed by atoms with Crippen molar-refractivity contribution in [1.29, 1.82) is 0 Å². The van der Waals surface area contributed by atoms with Crippen LogP contribution in [0, 0.1) is 5.92 Å². The van der Waals surface area contributed by atoms with E-state index in [0.29, 0.717) is 24.7 Å². The molecule has 3 amide bonds. The number of ether oxygens (including phenoxy) is 1. The molecule has 5 rings (SSSR count). The maximum Gasteiger partial charge on any atom is 0.410 e. The van der Waals surface area contributed by atoms with Crippen molar-refractivity contribution in [2.45, 2.75) is 63.9 Å². The van der Waals surface area contributed by atoms with Crippen LogP contribution in [0.4, 0.5) is 4.79 Å². The maximum atomic E-state index is 12.4. The van der Waals surface area contributed by atoms with Gasteiger partial charge in [-0.3, -0.25) is 19.6 Å². The first kappa shape index (κ1) is 24.7. The molecule has 0 radical (unpaired) electrons. The number of hydrogen-bond acceptors (Lipinski definition) is 6. The molecule has 1 atom stereocenters. The summed E-state index contributed by atoms with van der Waals surface area (Å²) in [7, 11) is 1.92. The van der Waals surface area contributed by atoms with Gasteiger partial charge in [0.2, 0.25) is 11.8 Å². The zero-order chi connectivity index (χ0) is 25.6. The number of aryl methyl sites for hydroxylation is 1. The highest BCUT2D eigenvalue weighted by Gasteiger charge is 2.35. The third-order valence-electron chi connectivity index (χ3n) is 7.66. The number of aromatic nitrogens is 2. The first-order valence-corrected chi connectivity index (χ1v) is 13.1. The van der Waals surface area contributed by atoms with Crippen LogP contribution in [0.15, 0.2) is 18.2 Å². The van der Waals surface area contributed by atoms with Gasteiger partial charge < -0.3 is 14.5 Å². The van der Waals surface area contributed by atoms with E-state index in [1.165, 1.54) is 5.56 Å². The Labute approximate surface area is 212 Å². The van der Waals surface area contributed by atoms with Crippen LogP contribution >= 0.6 is 0 Å². The molecular weight excluding hydrogens is 458 g/mol. The highest BCUT2D eigenvalue weighted by Crippen LogP contribution is 2.34. The van der Waals surface area contributed by atoms with Crippen molar-refractivity contribution in [1.82, 2.24) is 24.9 Å². The minimum atomic E-state index is -0.449. The SMILES string of the molecule is Cn1nc(C2CCC(=O)NC2=O)c2ccc(C3CCN(CC4CN(C(=O)OC(C)(C)C)C4)CC3)cc21. The lowest BCUT2D eigenvalue weighted by Gasteiger charge is -2.43. The molecule has 36 heavy (non-hydrogen) atoms. The van der Waals surface area contributed by atoms with Crippen LogP contribution in [-0.2, 0) is 21.4 Å². The first-order valence-electron chi connectivity index (χ1n) is 13.1. The van der Waals surface area contributed by atoms with Gasteiger partial charge >= 0.3 is 6.09 Å². The van der Waals surface area contributed by atoms with Crippen LogP contribution in [-0.4, -0.2) is 75.8 Å². The summed E-state index contributed by atoms with van der Waals surface area (Å²) in [4.78, 5) is 40.4. The van der Waals surface area contributed by atoms with E-state index in [2.05, 4.69) is 33.5 Å². The molecule has 1 aromatic heterocycles. The summed E-state index contributed by atoms with van der Waals surface area (Å²) in [6, 6.07) is 6.51. The Hall–Kier alpha value is -2.94. The van der Waals surface area contributed by atoms with E-state index in [0.717, 1.165) is 62.2 Å². The molecule has 1 unspecified atom stereocenters. The number of rotatable bonds is 4. The van der Waals surface area contributed by atoms with Crippen molar-refractivity contribution >= 4 is 28.8 Å². The van der Waals surface area contributed by atoms with Crippen molar-refractivity contribution in [2.24, 2.45) is 13.0 Å². The molecule has 0 bridgehead atoms. The predicted octanol–water partition coefficient (Wildman–Crippen LogP) is 3.14. The van der Waals surface area contributed by atoms with Crippen molar-refractivity contribution in [3.63, 3.8) is 0 Å². The molecule has 1 aromatic carbocycles. The van der Waals surface area contributed by atoms with Gasteiger partial charge in [-0.05, 0) is 70.7 Å². The van der Waals surface area contributed by atoms with Gasteiger partial charge in [-0.1, -0.05) is 12.1 Å². The molecule has 3 aliphatic heterocycles. The molecule has 3 aliphatic rings. The third-order valence-corrected chi connectivity index (χ3v) is 7.66. The minimum Gasteiger partial charge on any atom is -0.444 e. The number of imide groups is 1. The van der Waals surface area contributed by atoms with Crippen LogP contribution in [0.1, 0.15) is 69.5 Å². The summed E-state index contributed by atoms with van der Waals surface area (Å²) in [5.74, 6) is 0.189. The van der Waals surface area contributed by atoms with Gasteiger partial charge in [-0.25, -0.2) is 4.79 Å². The average Bonchev–Trinajstić information content (AvgIpc) is 3.11. The van der Waals surface area contributed by atoms with Gasteiger partial charge in [0.15, 0.2) is 0 Å². The van der Waals surface area contributed by atoms with Crippen LogP contribution in [0.5, 0.6) is 0 Å². The first-order chi connectivity index (χ1) is 17.1. The van der Waals surface area contributed by atoms with Crippen LogP contribution < -0.4 is 5.32 Å². The maximum absolute atomic E-state index is 12.4. The quantitative estimate of drug-likeness (QED) is 0.655. The Kier molecular flexibility index (Phi) is 6.53. The number of likely N-dealkylation sites (tertiary alicyclic amines) is 2. The summed E-state index contributed by atoms with van der Waals surface area (Å²) in [5.41, 5.74) is 2.67. The molecular formula is C27H37N5O4. The monoisotopic (exact) mass is 495 g/mol. The molecule has 9 heteroatoms. The molecule has 0 saturated carbocycles. The number of piperidine rings is 2. The second kappa shape index (κ2) is 9.50. The molecule has 194 valence electrons. The van der Waals surface area contributed by atoms with Gasteiger partial charge in [0.25, 0.3) is 0 Å². The summed E-state index contributed by atoms with van der Waals surface area (Å²) < 4.78 is 7.32. The zero-order valence-electron chi connectivity index (χ0n) is 21.7. The molecule has 0 aliphatic carbocycles. The fourth-order valence-corrected chi connectivity index (χ4v) is 5.74. The number of nitrogens with zero attached hydrogens (tertiary/aromatic N) is 4. The Balaban J connectivity index is 1.16. The van der Waals surface area contributed by atoms with Crippen molar-refractivity contribution < 1.29 is 19.1 Å². The van der Waals surface area contributed by atoms with E-state index in [1.54, 1.807) is 4.90 Å². The standard InChI is InChI=1S/C27H37N5O4/c1-27(2,3)36-26(35)32-15-17(16-32)14-31-11-9-18(10-12-31)19-5-6-20-22(13-19)30(4)29-24(20)21-7-8-23(33)28-25(21)34/h5-6,13,17-18,21H,7-12,14-16H2,1-4H3,(H,28,33,34). The van der Waals surface area contributed by atoms with E-state index in [4.69, 9.17) is 4.74 Å². The fraction of sp³-hybridized carbons (Fsp3) is 0.630. The molecule has 1 N–H and O–H groups in total. The lowest BCUT2D eigenvalue weighted by Crippen LogP contribution is -2.55. The second-order valence-electron chi connectivity index (χ2n) is 11.6. The second-order valence-corrected chi connectivity index (χ2v) is 11.6. The largest absolute Gasteiger partial charge is 0.444 e. The summed E-state index contributed by atoms with van der Waals surface area (Å²) in [6.45, 7) is 10.4. The fourth-order valence-electron chi connectivity index (χ4n) is 5.74. The van der Waals surface area contributed by atoms with E-state index in [9.17, 15) is 14.4 Å². The Bertz CT molecular complexity index is 1170. The summed E-state index contributed by atoms with van der Waals surface area (Å²) >= 11 is 0. The highest BCUT2D eigenvalue weighted by atomic mass is 16.6. The lowest BCUT2D eigenvalue weighted by molar-refractivity contribution is -0.134. The normalized spacial score (nSPS) is 22.6. The van der Waals surface area contributed by atoms with Crippen molar-refractivity contribution in [3.05, 3.63) is 29.5 Å². The van der Waals surface area contributed by atoms with Gasteiger partial charge in [-0.2, -0.15) is 5.10 Å². The Morgan fingerprint density at radius 1 is 1.14 bits per heavy atom. The van der Waals surface area contributed by atoms with Crippen molar-refractivity contribution in [2.75, 3.05) is 32.7 Å². The number of amides is 3. The minimum absolute atomic E-state index is 0.205. The molecule has 3 fully saturated rings. The smallest absolute Gasteiger partial charge is 0.410 e. The van der Waals surface area contributed by atoms with Gasteiger partial charge in [0, 0.05) is 44.4 Å². The topological polar surface area (TPSA) is 96.8 Å². The van der Waals surface area contributed by atoms with Crippen molar-refractivity contribution in [3.8, 4) is 0 Å². The van der Waals surface area contributed by atoms with E-state index >= 15 is 0 Å². The van der Waals surface area contributed by atoms with Crippen LogP contribution in [0.3, 0.4) is 0 Å². The number of carbonyl (C=O) groups excluding carboxylic acids is 3. The number of benzene rings is 1. The van der Waals surface area contributed by atoms with E-state index in [1.807, 2.05) is 32.5 Å². The Morgan fingerprint density at radius 3 is 2.53 bits per heavy atom. The average molecular weight is 496 g/mol. The number of nitrogens with one attached hydrogen (secondary N) is 1. The number of hydrogen-bond donors (Lipinski definition) is 1. The van der Waals surface area contributed by atoms with Crippen LogP contribution in [0.2, 0.25) is 0 Å². The Morgan fingerprint density at radius 2 is 1.86 bits per heavy atom. The van der Waals surface area contributed by atoms with E-state index in [-0.39, 0.29) is 23.8 Å². The van der Waals surface area contributed by atoms with Gasteiger partial charge in [0.05, 0.1) is 17.1 Å².